The first kappa shape index (κ1) is 26.9. The first-order valence-corrected chi connectivity index (χ1v) is 13.0. The van der Waals surface area contributed by atoms with Gasteiger partial charge in [-0.15, -0.1) is 0 Å². The molecule has 1 aromatic carbocycles. The Bertz CT molecular complexity index is 1410. The number of ether oxygens (including phenoxy) is 1. The van der Waals surface area contributed by atoms with Gasteiger partial charge < -0.3 is 15.0 Å². The van der Waals surface area contributed by atoms with Crippen molar-refractivity contribution in [1.29, 1.82) is 0 Å². The van der Waals surface area contributed by atoms with E-state index in [0.29, 0.717) is 59.1 Å². The van der Waals surface area contributed by atoms with Crippen LogP contribution in [0.3, 0.4) is 0 Å². The fourth-order valence-electron chi connectivity index (χ4n) is 4.23. The van der Waals surface area contributed by atoms with Crippen LogP contribution in [-0.4, -0.2) is 74.1 Å². The number of anilines is 1. The van der Waals surface area contributed by atoms with Gasteiger partial charge in [0.1, 0.15) is 17.8 Å². The number of nitrogens with zero attached hydrogens (tertiary/aromatic N) is 6. The molecule has 0 aliphatic carbocycles. The molecule has 39 heavy (non-hydrogen) atoms. The Kier molecular flexibility index (Phi) is 8.62. The largest absolute Gasteiger partial charge is 0.379 e. The van der Waals surface area contributed by atoms with Crippen molar-refractivity contribution in [3.63, 3.8) is 0 Å². The summed E-state index contributed by atoms with van der Waals surface area (Å²) in [7, 11) is 0. The standard InChI is InChI=1S/C26H25Cl2N8O3/c27-18-1-3-20(22(28)11-18)25-21(23-15-29-16-33-23)14-32-26(34-25)17(5-6-35-7-9-39-10-8-35)12-30-24-4-2-19(13-31-24)36(37)38/h1-4,11,13-16H,5-10,12H2,(H,29,33)(H,30,31). The second-order valence-electron chi connectivity index (χ2n) is 8.87. The van der Waals surface area contributed by atoms with Gasteiger partial charge in [0.2, 0.25) is 0 Å². The molecule has 1 saturated heterocycles. The molecule has 11 nitrogen and oxygen atoms in total. The second-order valence-corrected chi connectivity index (χ2v) is 9.71. The molecule has 1 aliphatic heterocycles. The third-order valence-electron chi connectivity index (χ3n) is 6.35. The van der Waals surface area contributed by atoms with Crippen molar-refractivity contribution in [1.82, 2.24) is 29.8 Å². The summed E-state index contributed by atoms with van der Waals surface area (Å²) >= 11 is 12.8. The summed E-state index contributed by atoms with van der Waals surface area (Å²) in [4.78, 5) is 34.0. The number of pyridine rings is 1. The third kappa shape index (κ3) is 6.69. The predicted molar refractivity (Wildman–Crippen MR) is 149 cm³/mol. The number of morpholine rings is 1. The van der Waals surface area contributed by atoms with Crippen molar-refractivity contribution in [2.75, 3.05) is 44.7 Å². The molecule has 0 bridgehead atoms. The smallest absolute Gasteiger partial charge is 0.287 e. The van der Waals surface area contributed by atoms with E-state index in [1.165, 1.54) is 12.3 Å². The van der Waals surface area contributed by atoms with Crippen molar-refractivity contribution in [3.8, 4) is 22.5 Å². The normalized spacial score (nSPS) is 14.0. The summed E-state index contributed by atoms with van der Waals surface area (Å²) in [5.74, 6) is 2.02. The number of aromatic amines is 1. The number of rotatable bonds is 10. The zero-order chi connectivity index (χ0) is 27.2. The monoisotopic (exact) mass is 567 g/mol. The lowest BCUT2D eigenvalue weighted by molar-refractivity contribution is -0.385. The molecule has 1 radical (unpaired) electrons. The molecule has 1 fully saturated rings. The van der Waals surface area contributed by atoms with E-state index in [-0.39, 0.29) is 5.69 Å². The van der Waals surface area contributed by atoms with E-state index in [1.807, 2.05) is 6.07 Å². The summed E-state index contributed by atoms with van der Waals surface area (Å²) < 4.78 is 5.48. The highest BCUT2D eigenvalue weighted by Crippen LogP contribution is 2.35. The molecule has 0 unspecified atom stereocenters. The molecule has 0 atom stereocenters. The van der Waals surface area contributed by atoms with Crippen molar-refractivity contribution in [2.45, 2.75) is 6.42 Å². The van der Waals surface area contributed by atoms with Crippen LogP contribution in [0.25, 0.3) is 22.5 Å². The molecule has 0 saturated carbocycles. The number of nitrogens with one attached hydrogen (secondary N) is 2. The number of H-pyrrole nitrogens is 1. The van der Waals surface area contributed by atoms with E-state index < -0.39 is 4.92 Å². The van der Waals surface area contributed by atoms with Gasteiger partial charge in [0.25, 0.3) is 5.69 Å². The molecule has 4 heterocycles. The second kappa shape index (κ2) is 12.5. The number of hydrogen-bond acceptors (Lipinski definition) is 9. The average molecular weight is 568 g/mol. The van der Waals surface area contributed by atoms with Gasteiger partial charge in [-0.25, -0.2) is 19.9 Å². The maximum atomic E-state index is 11.0. The Morgan fingerprint density at radius 1 is 1.10 bits per heavy atom. The summed E-state index contributed by atoms with van der Waals surface area (Å²) in [5.41, 5.74) is 2.79. The number of aromatic nitrogens is 5. The number of imidazole rings is 1. The summed E-state index contributed by atoms with van der Waals surface area (Å²) in [5, 5.41) is 15.2. The van der Waals surface area contributed by atoms with Crippen LogP contribution in [-0.2, 0) is 4.74 Å². The Morgan fingerprint density at radius 3 is 2.64 bits per heavy atom. The fraction of sp³-hybridized carbons (Fsp3) is 0.269. The number of hydrogen-bond donors (Lipinski definition) is 2. The maximum Gasteiger partial charge on any atom is 0.287 e. The summed E-state index contributed by atoms with van der Waals surface area (Å²) in [6.07, 6.45) is 6.98. The molecule has 2 N–H and O–H groups in total. The minimum atomic E-state index is -0.477. The van der Waals surface area contributed by atoms with E-state index >= 15 is 0 Å². The van der Waals surface area contributed by atoms with Crippen LogP contribution in [0.15, 0.2) is 55.2 Å². The predicted octanol–water partition coefficient (Wildman–Crippen LogP) is 4.90. The van der Waals surface area contributed by atoms with Crippen molar-refractivity contribution >= 4 is 34.7 Å². The van der Waals surface area contributed by atoms with Crippen molar-refractivity contribution < 1.29 is 9.66 Å². The van der Waals surface area contributed by atoms with E-state index in [9.17, 15) is 10.1 Å². The van der Waals surface area contributed by atoms with Gasteiger partial charge in [0, 0.05) is 48.0 Å². The minimum Gasteiger partial charge on any atom is -0.379 e. The zero-order valence-electron chi connectivity index (χ0n) is 20.8. The first-order chi connectivity index (χ1) is 19.0. The number of halogens is 2. The highest BCUT2D eigenvalue weighted by molar-refractivity contribution is 6.36. The molecule has 1 aliphatic rings. The molecule has 0 spiro atoms. The SMILES string of the molecule is O=[N+]([O-])c1ccc(NC[C](CCN2CCOCC2)c2ncc(-c3cnc[nH]3)c(-c3ccc(Cl)cc3Cl)n2)nc1. The lowest BCUT2D eigenvalue weighted by Gasteiger charge is -2.28. The van der Waals surface area contributed by atoms with Crippen LogP contribution in [0.1, 0.15) is 12.2 Å². The van der Waals surface area contributed by atoms with E-state index in [1.54, 1.807) is 36.9 Å². The first-order valence-electron chi connectivity index (χ1n) is 12.3. The quantitative estimate of drug-likeness (QED) is 0.202. The van der Waals surface area contributed by atoms with E-state index in [2.05, 4.69) is 25.2 Å². The van der Waals surface area contributed by atoms with Gasteiger partial charge in [-0.3, -0.25) is 15.0 Å². The van der Waals surface area contributed by atoms with Gasteiger partial charge in [0.05, 0.1) is 53.0 Å². The molecule has 201 valence electrons. The molecular formula is C26H25Cl2N8O3. The van der Waals surface area contributed by atoms with Gasteiger partial charge in [-0.1, -0.05) is 23.2 Å². The topological polar surface area (TPSA) is 135 Å². The zero-order valence-corrected chi connectivity index (χ0v) is 22.3. The van der Waals surface area contributed by atoms with Crippen LogP contribution < -0.4 is 5.32 Å². The van der Waals surface area contributed by atoms with Crippen LogP contribution in [0.4, 0.5) is 11.5 Å². The van der Waals surface area contributed by atoms with Gasteiger partial charge in [-0.2, -0.15) is 0 Å². The number of nitro groups is 1. The van der Waals surface area contributed by atoms with E-state index in [4.69, 9.17) is 37.9 Å². The van der Waals surface area contributed by atoms with Crippen LogP contribution in [0.2, 0.25) is 10.0 Å². The molecule has 13 heteroatoms. The van der Waals surface area contributed by atoms with Gasteiger partial charge >= 0.3 is 0 Å². The Morgan fingerprint density at radius 2 is 1.95 bits per heavy atom. The molecule has 4 aromatic rings. The molecule has 0 amide bonds. The van der Waals surface area contributed by atoms with Crippen molar-refractivity contribution in [3.05, 3.63) is 87.2 Å². The van der Waals surface area contributed by atoms with Gasteiger partial charge in [-0.05, 0) is 37.2 Å². The summed E-state index contributed by atoms with van der Waals surface area (Å²) in [6.45, 7) is 4.32. The third-order valence-corrected chi connectivity index (χ3v) is 6.90. The average Bonchev–Trinajstić information content (AvgIpc) is 3.49. The van der Waals surface area contributed by atoms with Crippen molar-refractivity contribution in [2.24, 2.45) is 0 Å². The Hall–Kier alpha value is -3.64. The van der Waals surface area contributed by atoms with Crippen LogP contribution in [0, 0.1) is 16.0 Å². The maximum absolute atomic E-state index is 11.0. The number of benzene rings is 1. The highest BCUT2D eigenvalue weighted by atomic mass is 35.5. The fourth-order valence-corrected chi connectivity index (χ4v) is 4.73. The lowest BCUT2D eigenvalue weighted by Crippen LogP contribution is -2.37. The molecular weight excluding hydrogens is 543 g/mol. The minimum absolute atomic E-state index is 0.0701. The van der Waals surface area contributed by atoms with E-state index in [0.717, 1.165) is 36.8 Å². The highest BCUT2D eigenvalue weighted by Gasteiger charge is 2.23. The molecule has 3 aromatic heterocycles. The Balaban J connectivity index is 1.47. The summed E-state index contributed by atoms with van der Waals surface area (Å²) in [6, 6.07) is 8.29. The lowest BCUT2D eigenvalue weighted by atomic mass is 10.0. The molecule has 5 rings (SSSR count). The van der Waals surface area contributed by atoms with Gasteiger partial charge in [0.15, 0.2) is 0 Å². The Labute approximate surface area is 234 Å². The van der Waals surface area contributed by atoms with Crippen LogP contribution in [0.5, 0.6) is 0 Å². The van der Waals surface area contributed by atoms with Crippen LogP contribution >= 0.6 is 23.2 Å².